The second kappa shape index (κ2) is 11.8. The Morgan fingerprint density at radius 2 is 1.09 bits per heavy atom. The smallest absolute Gasteiger partial charge is 0.261 e. The van der Waals surface area contributed by atoms with E-state index in [1.54, 1.807) is 84.9 Å². The highest BCUT2D eigenvalue weighted by Gasteiger charge is 2.40. The summed E-state index contributed by atoms with van der Waals surface area (Å²) >= 11 is 0. The number of Topliss-reactive ketones (excluding diaryl/α,β-unsaturated/α-hetero) is 2. The van der Waals surface area contributed by atoms with Crippen molar-refractivity contribution in [2.45, 2.75) is 0 Å². The number of carbonyl (C=O) groups excluding carboxylic acids is 4. The first-order chi connectivity index (χ1) is 26.8. The molecule has 4 aliphatic heterocycles. The molecule has 0 aliphatic carbocycles. The Morgan fingerprint density at radius 3 is 1.76 bits per heavy atom. The number of benzene rings is 5. The summed E-state index contributed by atoms with van der Waals surface area (Å²) in [6.45, 7) is 0. The molecule has 12 heteroatoms. The topological polar surface area (TPSA) is 182 Å². The molecule has 2 amide bonds. The van der Waals surface area contributed by atoms with Crippen molar-refractivity contribution in [1.82, 2.24) is 4.98 Å². The van der Waals surface area contributed by atoms with Gasteiger partial charge in [-0.3, -0.25) is 24.0 Å². The number of rotatable bonds is 2. The number of amidine groups is 1. The van der Waals surface area contributed by atoms with Crippen molar-refractivity contribution in [3.05, 3.63) is 176 Å². The lowest BCUT2D eigenvalue weighted by Gasteiger charge is -2.20. The quantitative estimate of drug-likeness (QED) is 0.107. The summed E-state index contributed by atoms with van der Waals surface area (Å²) in [7, 11) is 0. The highest BCUT2D eigenvalue weighted by molar-refractivity contribution is 6.40. The number of aliphatic imine (C=N–C) groups is 2. The van der Waals surface area contributed by atoms with Crippen LogP contribution >= 0.6 is 0 Å². The number of carbonyl (C=O) groups is 4. The normalized spacial score (nSPS) is 18.2. The molecule has 0 radical (unpaired) electrons. The van der Waals surface area contributed by atoms with Gasteiger partial charge in [0, 0.05) is 44.5 Å². The van der Waals surface area contributed by atoms with Crippen LogP contribution in [0.15, 0.2) is 141 Å². The predicted octanol–water partition coefficient (Wildman–Crippen LogP) is 6.05. The van der Waals surface area contributed by atoms with Gasteiger partial charge in [-0.2, -0.15) is 0 Å². The minimum Gasteiger partial charge on any atom is -0.506 e. The van der Waals surface area contributed by atoms with Crippen molar-refractivity contribution in [2.24, 2.45) is 9.98 Å². The van der Waals surface area contributed by atoms with Crippen molar-refractivity contribution < 1.29 is 24.3 Å². The third-order valence-electron chi connectivity index (χ3n) is 10.0. The Bertz CT molecular complexity index is 3010. The molecule has 5 aromatic carbocycles. The van der Waals surface area contributed by atoms with Crippen molar-refractivity contribution in [3.63, 3.8) is 0 Å². The SMILES string of the molecule is O=C1Nc2ccccc2C(=O)C1=C1N=C(Nc2ccccc2)c2cc3c(cc21)C(c1c(O)c2ccccc2[nH]c1=O)=NC3=C1C(=O)Nc2ccccc2C1=O. The fourth-order valence-electron chi connectivity index (χ4n) is 7.47. The summed E-state index contributed by atoms with van der Waals surface area (Å²) in [6, 6.07) is 32.4. The van der Waals surface area contributed by atoms with Gasteiger partial charge in [0.1, 0.15) is 28.3 Å². The number of aromatic amines is 1. The Labute approximate surface area is 310 Å². The van der Waals surface area contributed by atoms with Crippen molar-refractivity contribution in [1.29, 1.82) is 0 Å². The zero-order chi connectivity index (χ0) is 37.5. The highest BCUT2D eigenvalue weighted by Crippen LogP contribution is 2.44. The summed E-state index contributed by atoms with van der Waals surface area (Å²) < 4.78 is 0. The summed E-state index contributed by atoms with van der Waals surface area (Å²) in [5, 5.41) is 20.9. The minimum atomic E-state index is -0.700. The van der Waals surface area contributed by atoms with Gasteiger partial charge in [-0.1, -0.05) is 54.6 Å². The second-order valence-electron chi connectivity index (χ2n) is 13.2. The number of hydrogen-bond acceptors (Lipinski definition) is 9. The number of para-hydroxylation sites is 4. The van der Waals surface area contributed by atoms with E-state index in [9.17, 15) is 29.1 Å². The maximum Gasteiger partial charge on any atom is 0.261 e. The molecule has 1 aromatic heterocycles. The summed E-state index contributed by atoms with van der Waals surface area (Å²) in [5.41, 5.74) is 2.29. The average Bonchev–Trinajstić information content (AvgIpc) is 3.71. The first kappa shape index (κ1) is 31.7. The summed E-state index contributed by atoms with van der Waals surface area (Å²) in [5.74, 6) is -2.55. The van der Waals surface area contributed by atoms with E-state index in [0.717, 1.165) is 0 Å². The predicted molar refractivity (Wildman–Crippen MR) is 208 cm³/mol. The van der Waals surface area contributed by atoms with Gasteiger partial charge in [-0.25, -0.2) is 9.98 Å². The molecule has 4 aliphatic rings. The second-order valence-corrected chi connectivity index (χ2v) is 13.2. The first-order valence-electron chi connectivity index (χ1n) is 17.2. The van der Waals surface area contributed by atoms with Crippen LogP contribution in [0.3, 0.4) is 0 Å². The van der Waals surface area contributed by atoms with Crippen LogP contribution in [-0.4, -0.2) is 45.0 Å². The molecule has 0 atom stereocenters. The molecule has 5 heterocycles. The molecule has 0 saturated heterocycles. The highest BCUT2D eigenvalue weighted by atomic mass is 16.3. The molecule has 262 valence electrons. The monoisotopic (exact) mass is 720 g/mol. The largest absolute Gasteiger partial charge is 0.506 e. The Kier molecular flexibility index (Phi) is 6.79. The Morgan fingerprint density at radius 1 is 0.545 bits per heavy atom. The van der Waals surface area contributed by atoms with Crippen LogP contribution in [-0.2, 0) is 9.59 Å². The summed E-state index contributed by atoms with van der Waals surface area (Å²) in [6.07, 6.45) is 0. The van der Waals surface area contributed by atoms with Crippen LogP contribution in [0.25, 0.3) is 22.3 Å². The van der Waals surface area contributed by atoms with E-state index in [4.69, 9.17) is 9.98 Å². The van der Waals surface area contributed by atoms with Crippen LogP contribution in [0.2, 0.25) is 0 Å². The number of pyridine rings is 1. The van der Waals surface area contributed by atoms with E-state index in [0.29, 0.717) is 39.1 Å². The number of nitrogens with one attached hydrogen (secondary N) is 4. The molecular formula is C43H24N6O6. The van der Waals surface area contributed by atoms with Crippen LogP contribution < -0.4 is 21.5 Å². The minimum absolute atomic E-state index is 0.0251. The van der Waals surface area contributed by atoms with Gasteiger partial charge in [-0.05, 0) is 60.7 Å². The molecule has 10 rings (SSSR count). The van der Waals surface area contributed by atoms with E-state index in [2.05, 4.69) is 20.9 Å². The number of hydrogen-bond donors (Lipinski definition) is 5. The molecule has 0 unspecified atom stereocenters. The molecule has 0 saturated carbocycles. The van der Waals surface area contributed by atoms with E-state index >= 15 is 0 Å². The zero-order valence-corrected chi connectivity index (χ0v) is 28.4. The van der Waals surface area contributed by atoms with E-state index in [1.165, 1.54) is 0 Å². The number of nitrogens with zero attached hydrogens (tertiary/aromatic N) is 2. The van der Waals surface area contributed by atoms with Gasteiger partial charge in [0.15, 0.2) is 0 Å². The van der Waals surface area contributed by atoms with Gasteiger partial charge in [0.25, 0.3) is 17.4 Å². The van der Waals surface area contributed by atoms with E-state index < -0.39 is 28.9 Å². The molecule has 5 N–H and O–H groups in total. The van der Waals surface area contributed by atoms with Crippen LogP contribution in [0.4, 0.5) is 17.1 Å². The molecule has 55 heavy (non-hydrogen) atoms. The average molecular weight is 721 g/mol. The number of aromatic hydroxyl groups is 1. The Hall–Kier alpha value is -7.99. The lowest BCUT2D eigenvalue weighted by molar-refractivity contribution is -0.113. The maximum atomic E-state index is 14.1. The fraction of sp³-hybridized carbons (Fsp3) is 0. The molecule has 6 aromatic rings. The number of anilines is 3. The van der Waals surface area contributed by atoms with Crippen molar-refractivity contribution >= 4 is 74.3 Å². The number of ketones is 2. The zero-order valence-electron chi connectivity index (χ0n) is 28.4. The van der Waals surface area contributed by atoms with Crippen molar-refractivity contribution in [2.75, 3.05) is 16.0 Å². The third kappa shape index (κ3) is 4.75. The molecule has 12 nitrogen and oxygen atoms in total. The number of aromatic nitrogens is 1. The number of amides is 2. The lowest BCUT2D eigenvalue weighted by Crippen LogP contribution is -2.28. The van der Waals surface area contributed by atoms with E-state index in [-0.39, 0.29) is 67.7 Å². The van der Waals surface area contributed by atoms with E-state index in [1.807, 2.05) is 30.3 Å². The maximum absolute atomic E-state index is 14.1. The van der Waals surface area contributed by atoms with Crippen LogP contribution in [0, 0.1) is 0 Å². The number of fused-ring (bicyclic) bond motifs is 5. The molecule has 0 spiro atoms. The molecule has 0 bridgehead atoms. The van der Waals surface area contributed by atoms with Crippen LogP contribution in [0.1, 0.15) is 48.5 Å². The molecule has 0 fully saturated rings. The Balaban J connectivity index is 1.27. The van der Waals surface area contributed by atoms with Crippen molar-refractivity contribution in [3.8, 4) is 5.75 Å². The lowest BCUT2D eigenvalue weighted by atomic mass is 9.88. The van der Waals surface area contributed by atoms with Gasteiger partial charge >= 0.3 is 0 Å². The summed E-state index contributed by atoms with van der Waals surface area (Å²) in [4.78, 5) is 82.0. The number of H-pyrrole nitrogens is 1. The first-order valence-corrected chi connectivity index (χ1v) is 17.2. The molecular weight excluding hydrogens is 697 g/mol. The fourth-order valence-corrected chi connectivity index (χ4v) is 7.47. The van der Waals surface area contributed by atoms with Gasteiger partial charge < -0.3 is 26.0 Å². The standard InChI is InChI=1S/C43H24N6O6/c50-37-21-12-4-7-15-28(21)45-41(53)31(37)34-24-18-26-27(19-25(24)35(48-34)32-38(51)22-13-5-8-16-29(22)46-42(32)54)40(44-20-10-2-1-3-11-20)49-36(26)33-39(52)23-14-6-9-17-30(23)47-43(33)55/h1-19H,(H,44,49)(H,46,54)(H,47,55)(H2,45,50,53). The third-order valence-corrected chi connectivity index (χ3v) is 10.0. The van der Waals surface area contributed by atoms with Gasteiger partial charge in [-0.15, -0.1) is 0 Å². The van der Waals surface area contributed by atoms with Gasteiger partial charge in [0.2, 0.25) is 11.6 Å². The van der Waals surface area contributed by atoms with Gasteiger partial charge in [0.05, 0.1) is 34.0 Å². The van der Waals surface area contributed by atoms with Crippen LogP contribution in [0.5, 0.6) is 5.75 Å².